The molecule has 1 aromatic carbocycles. The Kier molecular flexibility index (Phi) is 3.97. The first kappa shape index (κ1) is 12.3. The Hall–Kier alpha value is -1.13. The van der Waals surface area contributed by atoms with E-state index in [9.17, 15) is 4.39 Å². The quantitative estimate of drug-likeness (QED) is 0.864. The number of nitrogens with zero attached hydrogens (tertiary/aromatic N) is 1. The van der Waals surface area contributed by atoms with E-state index in [2.05, 4.69) is 10.2 Å². The van der Waals surface area contributed by atoms with E-state index in [0.717, 1.165) is 38.3 Å². The molecule has 1 heterocycles. The Bertz CT molecular complexity index is 389. The van der Waals surface area contributed by atoms with Crippen LogP contribution >= 0.6 is 0 Å². The van der Waals surface area contributed by atoms with Crippen LogP contribution in [0.3, 0.4) is 0 Å². The van der Waals surface area contributed by atoms with Crippen LogP contribution in [0.25, 0.3) is 0 Å². The molecule has 4 heteroatoms. The summed E-state index contributed by atoms with van der Waals surface area (Å²) in [6.45, 7) is 6.50. The summed E-state index contributed by atoms with van der Waals surface area (Å²) in [4.78, 5) is 2.31. The van der Waals surface area contributed by atoms with Crippen molar-refractivity contribution in [1.82, 2.24) is 10.2 Å². The molecule has 1 fully saturated rings. The van der Waals surface area contributed by atoms with Crippen molar-refractivity contribution < 1.29 is 9.13 Å². The van der Waals surface area contributed by atoms with Crippen LogP contribution in [-0.2, 0) is 6.54 Å². The first-order valence-electron chi connectivity index (χ1n) is 5.97. The van der Waals surface area contributed by atoms with E-state index in [-0.39, 0.29) is 5.82 Å². The van der Waals surface area contributed by atoms with Crippen molar-refractivity contribution in [2.24, 2.45) is 0 Å². The standard InChI is InChI=1S/C13H19FN2O/c1-10-3-4-11(13(17-2)12(10)14)9-16-7-5-15-6-8-16/h3-4,15H,5-9H2,1-2H3. The molecule has 0 unspecified atom stereocenters. The highest BCUT2D eigenvalue weighted by molar-refractivity contribution is 5.39. The summed E-state index contributed by atoms with van der Waals surface area (Å²) >= 11 is 0. The highest BCUT2D eigenvalue weighted by Crippen LogP contribution is 2.26. The molecule has 0 atom stereocenters. The van der Waals surface area contributed by atoms with E-state index in [1.807, 2.05) is 12.1 Å². The summed E-state index contributed by atoms with van der Waals surface area (Å²) in [5, 5.41) is 3.30. The van der Waals surface area contributed by atoms with Crippen LogP contribution in [0.15, 0.2) is 12.1 Å². The third-order valence-electron chi connectivity index (χ3n) is 3.18. The predicted molar refractivity (Wildman–Crippen MR) is 65.8 cm³/mol. The largest absolute Gasteiger partial charge is 0.493 e. The fraction of sp³-hybridized carbons (Fsp3) is 0.538. The van der Waals surface area contributed by atoms with Crippen LogP contribution in [0.5, 0.6) is 5.75 Å². The maximum atomic E-state index is 13.9. The molecule has 1 aliphatic rings. The van der Waals surface area contributed by atoms with Gasteiger partial charge in [0.25, 0.3) is 0 Å². The van der Waals surface area contributed by atoms with Crippen LogP contribution in [0.2, 0.25) is 0 Å². The molecule has 0 radical (unpaired) electrons. The van der Waals surface area contributed by atoms with E-state index in [1.54, 1.807) is 6.92 Å². The second-order valence-electron chi connectivity index (χ2n) is 4.41. The van der Waals surface area contributed by atoms with Crippen molar-refractivity contribution >= 4 is 0 Å². The summed E-state index contributed by atoms with van der Waals surface area (Å²) < 4.78 is 19.0. The number of piperazine rings is 1. The summed E-state index contributed by atoms with van der Waals surface area (Å²) in [5.41, 5.74) is 1.56. The van der Waals surface area contributed by atoms with Crippen molar-refractivity contribution in [3.8, 4) is 5.75 Å². The SMILES string of the molecule is COc1c(CN2CCNCC2)ccc(C)c1F. The molecule has 1 aliphatic heterocycles. The maximum Gasteiger partial charge on any atom is 0.168 e. The zero-order chi connectivity index (χ0) is 12.3. The Morgan fingerprint density at radius 1 is 1.35 bits per heavy atom. The van der Waals surface area contributed by atoms with Gasteiger partial charge in [-0.3, -0.25) is 4.90 Å². The number of nitrogens with one attached hydrogen (secondary N) is 1. The zero-order valence-corrected chi connectivity index (χ0v) is 10.4. The maximum absolute atomic E-state index is 13.9. The van der Waals surface area contributed by atoms with Gasteiger partial charge in [0.05, 0.1) is 7.11 Å². The predicted octanol–water partition coefficient (Wildman–Crippen LogP) is 1.55. The van der Waals surface area contributed by atoms with Crippen LogP contribution in [-0.4, -0.2) is 38.2 Å². The van der Waals surface area contributed by atoms with Crippen LogP contribution in [0, 0.1) is 12.7 Å². The molecule has 1 aromatic rings. The number of hydrogen-bond acceptors (Lipinski definition) is 3. The Balaban J connectivity index is 2.17. The van der Waals surface area contributed by atoms with Crippen molar-refractivity contribution in [1.29, 1.82) is 0 Å². The fourth-order valence-corrected chi connectivity index (χ4v) is 2.15. The van der Waals surface area contributed by atoms with Gasteiger partial charge in [-0.1, -0.05) is 12.1 Å². The second-order valence-corrected chi connectivity index (χ2v) is 4.41. The molecular weight excluding hydrogens is 219 g/mol. The van der Waals surface area contributed by atoms with Gasteiger partial charge in [-0.15, -0.1) is 0 Å². The lowest BCUT2D eigenvalue weighted by molar-refractivity contribution is 0.229. The third kappa shape index (κ3) is 2.76. The minimum absolute atomic E-state index is 0.236. The van der Waals surface area contributed by atoms with E-state index in [0.29, 0.717) is 11.3 Å². The molecule has 0 saturated carbocycles. The molecule has 94 valence electrons. The molecule has 0 spiro atoms. The summed E-state index contributed by atoms with van der Waals surface area (Å²) in [6.07, 6.45) is 0. The average Bonchev–Trinajstić information content (AvgIpc) is 2.36. The summed E-state index contributed by atoms with van der Waals surface area (Å²) in [5.74, 6) is 0.156. The van der Waals surface area contributed by atoms with Gasteiger partial charge < -0.3 is 10.1 Å². The van der Waals surface area contributed by atoms with Gasteiger partial charge in [-0.05, 0) is 12.5 Å². The second kappa shape index (κ2) is 5.47. The van der Waals surface area contributed by atoms with Gasteiger partial charge in [0.1, 0.15) is 0 Å². The average molecular weight is 238 g/mol. The molecule has 1 saturated heterocycles. The highest BCUT2D eigenvalue weighted by atomic mass is 19.1. The van der Waals surface area contributed by atoms with Crippen LogP contribution < -0.4 is 10.1 Å². The minimum atomic E-state index is -0.236. The first-order valence-corrected chi connectivity index (χ1v) is 5.97. The molecule has 0 aliphatic carbocycles. The van der Waals surface area contributed by atoms with Gasteiger partial charge in [0.15, 0.2) is 11.6 Å². The molecular formula is C13H19FN2O. The van der Waals surface area contributed by atoms with Crippen molar-refractivity contribution in [3.05, 3.63) is 29.1 Å². The normalized spacial score (nSPS) is 17.1. The van der Waals surface area contributed by atoms with E-state index >= 15 is 0 Å². The third-order valence-corrected chi connectivity index (χ3v) is 3.18. The number of benzene rings is 1. The highest BCUT2D eigenvalue weighted by Gasteiger charge is 2.16. The molecule has 3 nitrogen and oxygen atoms in total. The molecule has 0 amide bonds. The van der Waals surface area contributed by atoms with Gasteiger partial charge in [-0.2, -0.15) is 0 Å². The zero-order valence-electron chi connectivity index (χ0n) is 10.4. The first-order chi connectivity index (χ1) is 8.22. The smallest absolute Gasteiger partial charge is 0.168 e. The van der Waals surface area contributed by atoms with Gasteiger partial charge in [-0.25, -0.2) is 4.39 Å². The van der Waals surface area contributed by atoms with Crippen LogP contribution in [0.4, 0.5) is 4.39 Å². The Morgan fingerprint density at radius 2 is 2.06 bits per heavy atom. The minimum Gasteiger partial charge on any atom is -0.493 e. The van der Waals surface area contributed by atoms with Gasteiger partial charge in [0, 0.05) is 38.3 Å². The number of aryl methyl sites for hydroxylation is 1. The summed E-state index contributed by atoms with van der Waals surface area (Å²) in [7, 11) is 1.53. The molecule has 0 aromatic heterocycles. The Morgan fingerprint density at radius 3 is 2.71 bits per heavy atom. The number of ether oxygens (including phenoxy) is 1. The van der Waals surface area contributed by atoms with Crippen molar-refractivity contribution in [2.75, 3.05) is 33.3 Å². The van der Waals surface area contributed by atoms with E-state index in [4.69, 9.17) is 4.74 Å². The summed E-state index contributed by atoms with van der Waals surface area (Å²) in [6, 6.07) is 3.77. The monoisotopic (exact) mass is 238 g/mol. The number of halogens is 1. The van der Waals surface area contributed by atoms with Crippen molar-refractivity contribution in [2.45, 2.75) is 13.5 Å². The van der Waals surface area contributed by atoms with Gasteiger partial charge in [0.2, 0.25) is 0 Å². The lowest BCUT2D eigenvalue weighted by Crippen LogP contribution is -2.42. The lowest BCUT2D eigenvalue weighted by atomic mass is 10.1. The molecule has 2 rings (SSSR count). The topological polar surface area (TPSA) is 24.5 Å². The Labute approximate surface area is 102 Å². The number of hydrogen-bond donors (Lipinski definition) is 1. The number of rotatable bonds is 3. The molecule has 0 bridgehead atoms. The lowest BCUT2D eigenvalue weighted by Gasteiger charge is -2.27. The van der Waals surface area contributed by atoms with E-state index in [1.165, 1.54) is 7.11 Å². The molecule has 1 N–H and O–H groups in total. The van der Waals surface area contributed by atoms with Crippen molar-refractivity contribution in [3.63, 3.8) is 0 Å². The van der Waals surface area contributed by atoms with Gasteiger partial charge >= 0.3 is 0 Å². The van der Waals surface area contributed by atoms with E-state index < -0.39 is 0 Å². The van der Waals surface area contributed by atoms with Crippen LogP contribution in [0.1, 0.15) is 11.1 Å². The number of methoxy groups -OCH3 is 1. The fourth-order valence-electron chi connectivity index (χ4n) is 2.15. The molecule has 17 heavy (non-hydrogen) atoms.